The van der Waals surface area contributed by atoms with Crippen LogP contribution in [0.5, 0.6) is 0 Å². The van der Waals surface area contributed by atoms with Crippen LogP contribution in [0.15, 0.2) is 24.3 Å². The van der Waals surface area contributed by atoms with Crippen molar-refractivity contribution in [2.45, 2.75) is 25.4 Å². The van der Waals surface area contributed by atoms with E-state index in [1.54, 1.807) is 29.2 Å². The first-order valence-electron chi connectivity index (χ1n) is 8.87. The van der Waals surface area contributed by atoms with Crippen LogP contribution in [0.4, 0.5) is 5.69 Å². The van der Waals surface area contributed by atoms with Crippen molar-refractivity contribution in [2.75, 3.05) is 31.1 Å². The number of carbonyl (C=O) groups is 3. The number of hydrogen-bond acceptors (Lipinski definition) is 5. The molecule has 0 aliphatic carbocycles. The number of nitrogens with one attached hydrogen (secondary N) is 1. The number of amides is 2. The number of piperidine rings is 1. The summed E-state index contributed by atoms with van der Waals surface area (Å²) in [6.07, 6.45) is 2.09. The van der Waals surface area contributed by atoms with Gasteiger partial charge in [0.25, 0.3) is 0 Å². The monoisotopic (exact) mass is 373 g/mol. The van der Waals surface area contributed by atoms with Gasteiger partial charge in [0.1, 0.15) is 18.9 Å². The molecule has 2 saturated heterocycles. The Morgan fingerprint density at radius 2 is 1.85 bits per heavy atom. The van der Waals surface area contributed by atoms with Crippen LogP contribution in [-0.2, 0) is 14.4 Å². The molecule has 2 amide bonds. The van der Waals surface area contributed by atoms with E-state index in [1.165, 1.54) is 9.80 Å². The first-order chi connectivity index (χ1) is 12.9. The number of hydrogen-bond donors (Lipinski definition) is 3. The van der Waals surface area contributed by atoms with Crippen molar-refractivity contribution < 1.29 is 19.5 Å². The molecular formula is C18H23N5O4. The molecule has 4 N–H and O–H groups in total. The lowest BCUT2D eigenvalue weighted by molar-refractivity contribution is -0.150. The predicted octanol–water partition coefficient (Wildman–Crippen LogP) is 0.0425. The Kier molecular flexibility index (Phi) is 5.41. The highest BCUT2D eigenvalue weighted by atomic mass is 16.4. The van der Waals surface area contributed by atoms with Crippen molar-refractivity contribution in [1.82, 2.24) is 9.80 Å². The summed E-state index contributed by atoms with van der Waals surface area (Å²) in [5.41, 5.74) is 6.55. The average molecular weight is 373 g/mol. The summed E-state index contributed by atoms with van der Waals surface area (Å²) >= 11 is 0. The van der Waals surface area contributed by atoms with Crippen molar-refractivity contribution in [3.63, 3.8) is 0 Å². The van der Waals surface area contributed by atoms with Crippen LogP contribution in [0.2, 0.25) is 0 Å². The number of amidine groups is 1. The smallest absolute Gasteiger partial charge is 0.317 e. The van der Waals surface area contributed by atoms with E-state index in [4.69, 9.17) is 16.2 Å². The minimum atomic E-state index is -0.940. The van der Waals surface area contributed by atoms with Crippen LogP contribution >= 0.6 is 0 Å². The Hall–Kier alpha value is -2.94. The van der Waals surface area contributed by atoms with Crippen molar-refractivity contribution in [3.8, 4) is 0 Å². The van der Waals surface area contributed by atoms with Gasteiger partial charge in [-0.3, -0.25) is 24.7 Å². The van der Waals surface area contributed by atoms with E-state index in [0.717, 1.165) is 12.8 Å². The van der Waals surface area contributed by atoms with Crippen LogP contribution < -0.4 is 10.6 Å². The first-order valence-corrected chi connectivity index (χ1v) is 8.87. The van der Waals surface area contributed by atoms with Gasteiger partial charge in [-0.05, 0) is 43.5 Å². The molecule has 0 radical (unpaired) electrons. The summed E-state index contributed by atoms with van der Waals surface area (Å²) in [4.78, 5) is 41.2. The quantitative estimate of drug-likeness (QED) is 0.493. The lowest BCUT2D eigenvalue weighted by Crippen LogP contribution is -2.62. The lowest BCUT2D eigenvalue weighted by atomic mass is 10.1. The van der Waals surface area contributed by atoms with Gasteiger partial charge in [-0.25, -0.2) is 0 Å². The number of carboxylic acid groups (broad SMARTS) is 1. The Balaban J connectivity index is 1.74. The number of piperazine rings is 1. The molecule has 9 nitrogen and oxygen atoms in total. The van der Waals surface area contributed by atoms with E-state index in [9.17, 15) is 14.4 Å². The number of aliphatic carboxylic acids is 1. The Morgan fingerprint density at radius 1 is 1.15 bits per heavy atom. The number of nitrogens with two attached hydrogens (primary N) is 1. The van der Waals surface area contributed by atoms with Crippen LogP contribution in [0.25, 0.3) is 0 Å². The zero-order valence-corrected chi connectivity index (χ0v) is 14.9. The third-order valence-electron chi connectivity index (χ3n) is 4.99. The SMILES string of the molecule is N=C(N)c1ccc(N2CC(=O)N(C3CCCCN3CC(=O)O)CC2=O)cc1. The molecule has 0 spiro atoms. The van der Waals surface area contributed by atoms with E-state index < -0.39 is 5.97 Å². The topological polar surface area (TPSA) is 131 Å². The van der Waals surface area contributed by atoms with Crippen LogP contribution in [0.1, 0.15) is 24.8 Å². The average Bonchev–Trinajstić information content (AvgIpc) is 2.63. The molecule has 2 aliphatic rings. The fourth-order valence-corrected chi connectivity index (χ4v) is 3.65. The number of nitrogens with zero attached hydrogens (tertiary/aromatic N) is 3. The van der Waals surface area contributed by atoms with Crippen LogP contribution in [-0.4, -0.2) is 70.9 Å². The Labute approximate surface area is 156 Å². The maximum Gasteiger partial charge on any atom is 0.317 e. The number of likely N-dealkylation sites (tertiary alicyclic amines) is 1. The highest BCUT2D eigenvalue weighted by Crippen LogP contribution is 2.25. The minimum absolute atomic E-state index is 0.0652. The number of rotatable bonds is 5. The minimum Gasteiger partial charge on any atom is -0.480 e. The molecule has 1 unspecified atom stereocenters. The predicted molar refractivity (Wildman–Crippen MR) is 98.4 cm³/mol. The largest absolute Gasteiger partial charge is 0.480 e. The molecular weight excluding hydrogens is 350 g/mol. The molecule has 2 heterocycles. The lowest BCUT2D eigenvalue weighted by Gasteiger charge is -2.44. The second kappa shape index (κ2) is 7.75. The summed E-state index contributed by atoms with van der Waals surface area (Å²) in [7, 11) is 0. The number of nitrogen functional groups attached to an aromatic ring is 1. The van der Waals surface area contributed by atoms with Gasteiger partial charge in [0.05, 0.1) is 12.7 Å². The first kappa shape index (κ1) is 18.8. The van der Waals surface area contributed by atoms with Gasteiger partial charge in [0, 0.05) is 17.8 Å². The van der Waals surface area contributed by atoms with Crippen molar-refractivity contribution in [2.24, 2.45) is 5.73 Å². The number of carbonyl (C=O) groups excluding carboxylic acids is 2. The highest BCUT2D eigenvalue weighted by molar-refractivity contribution is 6.05. The Bertz CT molecular complexity index is 764. The summed E-state index contributed by atoms with van der Waals surface area (Å²) < 4.78 is 0. The van der Waals surface area contributed by atoms with E-state index in [0.29, 0.717) is 24.2 Å². The molecule has 3 rings (SSSR count). The molecule has 0 saturated carbocycles. The standard InChI is InChI=1S/C18H23N5O4/c19-18(20)12-4-6-13(7-5-12)22-9-16(25)23(10-15(22)24)14-3-1-2-8-21(14)11-17(26)27/h4-7,14H,1-3,8-11H2,(H3,19,20)(H,26,27). The van der Waals surface area contributed by atoms with Gasteiger partial charge in [-0.15, -0.1) is 0 Å². The third-order valence-corrected chi connectivity index (χ3v) is 4.99. The number of anilines is 1. The summed E-state index contributed by atoms with van der Waals surface area (Å²) in [5.74, 6) is -1.42. The summed E-state index contributed by atoms with van der Waals surface area (Å²) in [5, 5.41) is 16.5. The van der Waals surface area contributed by atoms with Crippen molar-refractivity contribution >= 4 is 29.3 Å². The zero-order valence-electron chi connectivity index (χ0n) is 14.9. The molecule has 144 valence electrons. The van der Waals surface area contributed by atoms with Crippen LogP contribution in [0.3, 0.4) is 0 Å². The summed E-state index contributed by atoms with van der Waals surface area (Å²) in [6.45, 7) is 0.299. The molecule has 0 aromatic heterocycles. The maximum atomic E-state index is 12.7. The van der Waals surface area contributed by atoms with Gasteiger partial charge in [-0.1, -0.05) is 0 Å². The maximum absolute atomic E-state index is 12.7. The molecule has 9 heteroatoms. The molecule has 1 atom stereocenters. The van der Waals surface area contributed by atoms with Crippen LogP contribution in [0, 0.1) is 5.41 Å². The van der Waals surface area contributed by atoms with Gasteiger partial charge < -0.3 is 20.6 Å². The molecule has 1 aromatic carbocycles. The van der Waals surface area contributed by atoms with Gasteiger partial charge in [0.2, 0.25) is 11.8 Å². The van der Waals surface area contributed by atoms with Gasteiger partial charge in [0.15, 0.2) is 0 Å². The molecule has 2 fully saturated rings. The molecule has 1 aromatic rings. The van der Waals surface area contributed by atoms with E-state index in [2.05, 4.69) is 0 Å². The summed E-state index contributed by atoms with van der Waals surface area (Å²) in [6, 6.07) is 6.60. The van der Waals surface area contributed by atoms with Gasteiger partial charge >= 0.3 is 5.97 Å². The molecule has 2 aliphatic heterocycles. The van der Waals surface area contributed by atoms with Gasteiger partial charge in [-0.2, -0.15) is 0 Å². The second-order valence-electron chi connectivity index (χ2n) is 6.80. The van der Waals surface area contributed by atoms with E-state index in [-0.39, 0.29) is 43.5 Å². The zero-order chi connectivity index (χ0) is 19.6. The number of benzene rings is 1. The molecule has 27 heavy (non-hydrogen) atoms. The fourth-order valence-electron chi connectivity index (χ4n) is 3.65. The second-order valence-corrected chi connectivity index (χ2v) is 6.80. The fraction of sp³-hybridized carbons (Fsp3) is 0.444. The highest BCUT2D eigenvalue weighted by Gasteiger charge is 2.38. The van der Waals surface area contributed by atoms with E-state index >= 15 is 0 Å². The van der Waals surface area contributed by atoms with Crippen molar-refractivity contribution in [1.29, 1.82) is 5.41 Å². The van der Waals surface area contributed by atoms with E-state index in [1.807, 2.05) is 0 Å². The molecule has 0 bridgehead atoms. The normalized spacial score (nSPS) is 21.4. The number of carboxylic acids is 1. The van der Waals surface area contributed by atoms with Crippen molar-refractivity contribution in [3.05, 3.63) is 29.8 Å². The third kappa shape index (κ3) is 4.08. The Morgan fingerprint density at radius 3 is 2.48 bits per heavy atom.